The van der Waals surface area contributed by atoms with E-state index in [1.807, 2.05) is 18.5 Å². The Morgan fingerprint density at radius 3 is 2.66 bits per heavy atom. The maximum Gasteiger partial charge on any atom is 0.272 e. The summed E-state index contributed by atoms with van der Waals surface area (Å²) in [5.41, 5.74) is 4.69. The number of likely N-dealkylation sites (tertiary alicyclic amines) is 2. The summed E-state index contributed by atoms with van der Waals surface area (Å²) in [6.45, 7) is 9.77. The van der Waals surface area contributed by atoms with Crippen LogP contribution in [-0.4, -0.2) is 69.2 Å². The number of fused-ring (bicyclic) bond motifs is 1. The smallest absolute Gasteiger partial charge is 0.272 e. The summed E-state index contributed by atoms with van der Waals surface area (Å²) >= 11 is 0. The molecule has 0 unspecified atom stereocenters. The molecule has 2 fully saturated rings. The number of amides is 1. The van der Waals surface area contributed by atoms with E-state index in [2.05, 4.69) is 62.3 Å². The first-order valence-corrected chi connectivity index (χ1v) is 11.8. The molecule has 4 heterocycles. The molecule has 1 amide bonds. The van der Waals surface area contributed by atoms with Gasteiger partial charge in [0.2, 0.25) is 0 Å². The van der Waals surface area contributed by atoms with Gasteiger partial charge in [-0.15, -0.1) is 0 Å². The number of hydrogen-bond donors (Lipinski definition) is 2. The molecule has 5 rings (SSSR count). The quantitative estimate of drug-likeness (QED) is 0.624. The van der Waals surface area contributed by atoms with Crippen molar-refractivity contribution in [2.24, 2.45) is 0 Å². The van der Waals surface area contributed by atoms with Gasteiger partial charge in [-0.2, -0.15) is 5.10 Å². The molecule has 7 heteroatoms. The molecule has 0 radical (unpaired) electrons. The van der Waals surface area contributed by atoms with Crippen LogP contribution in [0.4, 0.5) is 0 Å². The van der Waals surface area contributed by atoms with Crippen molar-refractivity contribution in [1.29, 1.82) is 0 Å². The molecule has 7 nitrogen and oxygen atoms in total. The number of pyridine rings is 1. The summed E-state index contributed by atoms with van der Waals surface area (Å²) in [4.78, 5) is 22.4. The molecule has 2 aromatic heterocycles. The van der Waals surface area contributed by atoms with E-state index in [4.69, 9.17) is 0 Å². The zero-order chi connectivity index (χ0) is 22.1. The number of aromatic nitrogens is 3. The topological polar surface area (TPSA) is 77.1 Å². The fourth-order valence-corrected chi connectivity index (χ4v) is 4.71. The molecule has 32 heavy (non-hydrogen) atoms. The summed E-state index contributed by atoms with van der Waals surface area (Å²) < 4.78 is 0. The van der Waals surface area contributed by atoms with Crippen LogP contribution in [0.3, 0.4) is 0 Å². The summed E-state index contributed by atoms with van der Waals surface area (Å²) in [5, 5.41) is 11.4. The molecule has 1 aromatic carbocycles. The number of aromatic amines is 1. The second-order valence-corrected chi connectivity index (χ2v) is 9.42. The average Bonchev–Trinajstić information content (AvgIpc) is 3.20. The lowest BCUT2D eigenvalue weighted by Crippen LogP contribution is -2.46. The molecule has 0 bridgehead atoms. The highest BCUT2D eigenvalue weighted by atomic mass is 16.2. The third-order valence-electron chi connectivity index (χ3n) is 6.86. The van der Waals surface area contributed by atoms with E-state index < -0.39 is 0 Å². The molecule has 168 valence electrons. The highest BCUT2D eigenvalue weighted by Gasteiger charge is 2.24. The van der Waals surface area contributed by atoms with Gasteiger partial charge in [-0.3, -0.25) is 19.8 Å². The molecule has 2 N–H and O–H groups in total. The van der Waals surface area contributed by atoms with E-state index in [0.717, 1.165) is 54.5 Å². The summed E-state index contributed by atoms with van der Waals surface area (Å²) in [5.74, 6) is -0.0962. The maximum atomic E-state index is 13.0. The van der Waals surface area contributed by atoms with Gasteiger partial charge >= 0.3 is 0 Å². The van der Waals surface area contributed by atoms with Gasteiger partial charge in [0.1, 0.15) is 0 Å². The summed E-state index contributed by atoms with van der Waals surface area (Å²) in [6.07, 6.45) is 7.08. The van der Waals surface area contributed by atoms with Gasteiger partial charge in [0.05, 0.1) is 5.52 Å². The van der Waals surface area contributed by atoms with E-state index >= 15 is 0 Å². The van der Waals surface area contributed by atoms with Crippen LogP contribution in [0.1, 0.15) is 49.2 Å². The molecule has 2 aliphatic rings. The van der Waals surface area contributed by atoms with E-state index in [0.29, 0.717) is 11.7 Å². The van der Waals surface area contributed by atoms with Crippen molar-refractivity contribution >= 4 is 16.8 Å². The number of piperidine rings is 1. The Balaban J connectivity index is 1.33. The number of benzene rings is 1. The lowest BCUT2D eigenvalue weighted by atomic mass is 10.0. The second-order valence-electron chi connectivity index (χ2n) is 9.42. The standard InChI is InChI=1S/C25H32N6O/c1-17(2)31-10-6-21(7-11-31)27-25(32)24-22-13-19(4-5-23(22)28-29-24)20-12-18(14-26-15-20)16-30-8-3-9-30/h4-5,12-15,17,21H,3,6-11,16H2,1-2H3,(H,27,32)(H,28,29). The van der Waals surface area contributed by atoms with Crippen LogP contribution in [0, 0.1) is 0 Å². The number of rotatable bonds is 6. The number of H-pyrrole nitrogens is 1. The number of nitrogens with zero attached hydrogens (tertiary/aromatic N) is 4. The largest absolute Gasteiger partial charge is 0.348 e. The monoisotopic (exact) mass is 432 g/mol. The average molecular weight is 433 g/mol. The van der Waals surface area contributed by atoms with Crippen molar-refractivity contribution in [1.82, 2.24) is 30.3 Å². The van der Waals surface area contributed by atoms with Crippen LogP contribution in [0.15, 0.2) is 36.7 Å². The Hall–Kier alpha value is -2.77. The van der Waals surface area contributed by atoms with Gasteiger partial charge < -0.3 is 10.2 Å². The number of hydrogen-bond acceptors (Lipinski definition) is 5. The van der Waals surface area contributed by atoms with Gasteiger partial charge in [0.15, 0.2) is 5.69 Å². The molecule has 2 saturated heterocycles. The van der Waals surface area contributed by atoms with Crippen molar-refractivity contribution in [3.63, 3.8) is 0 Å². The maximum absolute atomic E-state index is 13.0. The third-order valence-corrected chi connectivity index (χ3v) is 6.86. The first kappa shape index (κ1) is 21.1. The van der Waals surface area contributed by atoms with Crippen molar-refractivity contribution in [2.45, 2.75) is 51.7 Å². The normalized spacial score (nSPS) is 18.2. The Morgan fingerprint density at radius 1 is 1.12 bits per heavy atom. The van der Waals surface area contributed by atoms with Crippen molar-refractivity contribution in [2.75, 3.05) is 26.2 Å². The van der Waals surface area contributed by atoms with Gasteiger partial charge in [0, 0.05) is 55.1 Å². The third kappa shape index (κ3) is 4.40. The zero-order valence-corrected chi connectivity index (χ0v) is 19.0. The zero-order valence-electron chi connectivity index (χ0n) is 19.0. The van der Waals surface area contributed by atoms with Crippen molar-refractivity contribution < 1.29 is 4.79 Å². The number of carbonyl (C=O) groups is 1. The molecule has 0 aliphatic carbocycles. The second kappa shape index (κ2) is 9.00. The molecule has 3 aromatic rings. The molecular formula is C25H32N6O. The van der Waals surface area contributed by atoms with Gasteiger partial charge in [-0.05, 0) is 75.5 Å². The van der Waals surface area contributed by atoms with Gasteiger partial charge in [-0.25, -0.2) is 0 Å². The van der Waals surface area contributed by atoms with Gasteiger partial charge in [0.25, 0.3) is 5.91 Å². The summed E-state index contributed by atoms with van der Waals surface area (Å²) in [6, 6.07) is 9.08. The minimum Gasteiger partial charge on any atom is -0.348 e. The minimum absolute atomic E-state index is 0.0962. The van der Waals surface area contributed by atoms with Crippen molar-refractivity contribution in [3.05, 3.63) is 47.9 Å². The SMILES string of the molecule is CC(C)N1CCC(NC(=O)c2n[nH]c3ccc(-c4cncc(CN5CCC5)c4)cc23)CC1. The number of nitrogens with one attached hydrogen (secondary N) is 2. The predicted octanol–water partition coefficient (Wildman–Crippen LogP) is 3.43. The lowest BCUT2D eigenvalue weighted by Gasteiger charge is -2.34. The van der Waals surface area contributed by atoms with Gasteiger partial charge in [-0.1, -0.05) is 6.07 Å². The first-order chi connectivity index (χ1) is 15.6. The number of carbonyl (C=O) groups excluding carboxylic acids is 1. The van der Waals surface area contributed by atoms with Crippen molar-refractivity contribution in [3.8, 4) is 11.1 Å². The summed E-state index contributed by atoms with van der Waals surface area (Å²) in [7, 11) is 0. The molecular weight excluding hydrogens is 400 g/mol. The van der Waals surface area contributed by atoms with E-state index in [1.54, 1.807) is 0 Å². The van der Waals surface area contributed by atoms with Crippen LogP contribution in [0.5, 0.6) is 0 Å². The Labute approximate surface area is 189 Å². The van der Waals surface area contributed by atoms with Crippen LogP contribution >= 0.6 is 0 Å². The Morgan fingerprint density at radius 2 is 1.94 bits per heavy atom. The highest BCUT2D eigenvalue weighted by Crippen LogP contribution is 2.26. The van der Waals surface area contributed by atoms with E-state index in [9.17, 15) is 4.79 Å². The Bertz CT molecular complexity index is 1090. The fraction of sp³-hybridized carbons (Fsp3) is 0.480. The molecule has 2 aliphatic heterocycles. The lowest BCUT2D eigenvalue weighted by molar-refractivity contribution is 0.0897. The molecule has 0 saturated carbocycles. The van der Waals surface area contributed by atoms with Crippen LogP contribution in [-0.2, 0) is 6.54 Å². The van der Waals surface area contributed by atoms with Crippen LogP contribution in [0.2, 0.25) is 0 Å². The fourth-order valence-electron chi connectivity index (χ4n) is 4.71. The first-order valence-electron chi connectivity index (χ1n) is 11.8. The molecule has 0 spiro atoms. The molecule has 0 atom stereocenters. The highest BCUT2D eigenvalue weighted by molar-refractivity contribution is 6.05. The minimum atomic E-state index is -0.0962. The van der Waals surface area contributed by atoms with E-state index in [-0.39, 0.29) is 11.9 Å². The predicted molar refractivity (Wildman–Crippen MR) is 126 cm³/mol. The van der Waals surface area contributed by atoms with Crippen LogP contribution < -0.4 is 5.32 Å². The van der Waals surface area contributed by atoms with Crippen LogP contribution in [0.25, 0.3) is 22.0 Å². The van der Waals surface area contributed by atoms with E-state index in [1.165, 1.54) is 25.1 Å². The Kier molecular flexibility index (Phi) is 5.93.